The third-order valence-corrected chi connectivity index (χ3v) is 4.08. The van der Waals surface area contributed by atoms with Crippen LogP contribution in [-0.4, -0.2) is 24.0 Å². The lowest BCUT2D eigenvalue weighted by molar-refractivity contribution is -0.384. The summed E-state index contributed by atoms with van der Waals surface area (Å²) in [4.78, 5) is 22.4. The molecular weight excluding hydrogens is 411 g/mol. The zero-order valence-electron chi connectivity index (χ0n) is 12.4. The minimum absolute atomic E-state index is 0.105. The van der Waals surface area contributed by atoms with E-state index in [1.165, 1.54) is 12.1 Å². The molecule has 1 amide bonds. The topological polar surface area (TPSA) is 81.5 Å². The number of non-ortho nitro benzene ring substituents is 1. The first-order valence-electron chi connectivity index (χ1n) is 6.89. The van der Waals surface area contributed by atoms with E-state index >= 15 is 0 Å². The van der Waals surface area contributed by atoms with Crippen molar-refractivity contribution in [1.29, 1.82) is 0 Å². The van der Waals surface area contributed by atoms with Gasteiger partial charge in [0.2, 0.25) is 0 Å². The molecule has 2 aromatic carbocycles. The molecule has 0 radical (unpaired) electrons. The highest BCUT2D eigenvalue weighted by molar-refractivity contribution is 14.1. The highest BCUT2D eigenvalue weighted by Crippen LogP contribution is 2.19. The van der Waals surface area contributed by atoms with Crippen LogP contribution in [0.2, 0.25) is 0 Å². The molecule has 0 aliphatic rings. The van der Waals surface area contributed by atoms with Gasteiger partial charge in [-0.2, -0.15) is 0 Å². The van der Waals surface area contributed by atoms with Gasteiger partial charge in [-0.05, 0) is 47.2 Å². The molecule has 2 aromatic rings. The fraction of sp³-hybridized carbons (Fsp3) is 0.188. The summed E-state index contributed by atoms with van der Waals surface area (Å²) in [5.74, 6) is 0.415. The fourth-order valence-electron chi connectivity index (χ4n) is 1.94. The number of aryl methyl sites for hydroxylation is 1. The number of hydrogen-bond donors (Lipinski definition) is 1. The van der Waals surface area contributed by atoms with Crippen LogP contribution in [0, 0.1) is 20.6 Å². The highest BCUT2D eigenvalue weighted by atomic mass is 127. The summed E-state index contributed by atoms with van der Waals surface area (Å²) in [5, 5.41) is 13.5. The zero-order valence-corrected chi connectivity index (χ0v) is 14.6. The second-order valence-corrected chi connectivity index (χ2v) is 5.95. The molecule has 6 nitrogen and oxygen atoms in total. The van der Waals surface area contributed by atoms with Gasteiger partial charge in [-0.15, -0.1) is 0 Å². The van der Waals surface area contributed by atoms with Crippen LogP contribution in [0.25, 0.3) is 0 Å². The Kier molecular flexibility index (Phi) is 5.91. The lowest BCUT2D eigenvalue weighted by Crippen LogP contribution is -2.28. The SMILES string of the molecule is Cc1ccccc1OCCNC(=O)c1cc([N+](=O)[O-])ccc1I. The van der Waals surface area contributed by atoms with E-state index in [2.05, 4.69) is 5.32 Å². The van der Waals surface area contributed by atoms with Crippen molar-refractivity contribution >= 4 is 34.2 Å². The van der Waals surface area contributed by atoms with Gasteiger partial charge in [0.15, 0.2) is 0 Å². The quantitative estimate of drug-likeness (QED) is 0.333. The van der Waals surface area contributed by atoms with Crippen LogP contribution < -0.4 is 10.1 Å². The smallest absolute Gasteiger partial charge is 0.270 e. The molecule has 0 bridgehead atoms. The Hall–Kier alpha value is -2.16. The number of hydrogen-bond acceptors (Lipinski definition) is 4. The monoisotopic (exact) mass is 426 g/mol. The number of halogens is 1. The number of nitrogens with one attached hydrogen (secondary N) is 1. The largest absolute Gasteiger partial charge is 0.491 e. The maximum absolute atomic E-state index is 12.1. The highest BCUT2D eigenvalue weighted by Gasteiger charge is 2.15. The Morgan fingerprint density at radius 1 is 1.30 bits per heavy atom. The van der Waals surface area contributed by atoms with Crippen molar-refractivity contribution < 1.29 is 14.5 Å². The number of carbonyl (C=O) groups excluding carboxylic acids is 1. The summed E-state index contributed by atoms with van der Waals surface area (Å²) < 4.78 is 6.25. The average Bonchev–Trinajstić information content (AvgIpc) is 2.53. The molecular formula is C16H15IN2O4. The molecule has 0 aliphatic heterocycles. The van der Waals surface area contributed by atoms with Crippen molar-refractivity contribution in [2.24, 2.45) is 0 Å². The van der Waals surface area contributed by atoms with Crippen molar-refractivity contribution in [2.75, 3.05) is 13.2 Å². The zero-order chi connectivity index (χ0) is 16.8. The van der Waals surface area contributed by atoms with E-state index in [0.29, 0.717) is 16.7 Å². The molecule has 120 valence electrons. The van der Waals surface area contributed by atoms with Crippen LogP contribution in [0.15, 0.2) is 42.5 Å². The van der Waals surface area contributed by atoms with Gasteiger partial charge in [-0.1, -0.05) is 18.2 Å². The van der Waals surface area contributed by atoms with Crippen molar-refractivity contribution in [3.63, 3.8) is 0 Å². The molecule has 0 saturated heterocycles. The molecule has 0 fully saturated rings. The average molecular weight is 426 g/mol. The minimum atomic E-state index is -0.520. The molecule has 0 spiro atoms. The summed E-state index contributed by atoms with van der Waals surface area (Å²) in [6, 6.07) is 11.8. The molecule has 0 heterocycles. The van der Waals surface area contributed by atoms with E-state index in [9.17, 15) is 14.9 Å². The maximum atomic E-state index is 12.1. The van der Waals surface area contributed by atoms with Crippen molar-refractivity contribution in [3.8, 4) is 5.75 Å². The van der Waals surface area contributed by atoms with Crippen LogP contribution in [0.4, 0.5) is 5.69 Å². The third kappa shape index (κ3) is 4.65. The van der Waals surface area contributed by atoms with Gasteiger partial charge >= 0.3 is 0 Å². The van der Waals surface area contributed by atoms with E-state index in [4.69, 9.17) is 4.74 Å². The standard InChI is InChI=1S/C16H15IN2O4/c1-11-4-2-3-5-15(11)23-9-8-18-16(20)13-10-12(19(21)22)6-7-14(13)17/h2-7,10H,8-9H2,1H3,(H,18,20). The van der Waals surface area contributed by atoms with Gasteiger partial charge < -0.3 is 10.1 Å². The van der Waals surface area contributed by atoms with Gasteiger partial charge in [-0.25, -0.2) is 0 Å². The molecule has 2 rings (SSSR count). The van der Waals surface area contributed by atoms with Gasteiger partial charge in [0.25, 0.3) is 11.6 Å². The molecule has 1 N–H and O–H groups in total. The van der Waals surface area contributed by atoms with E-state index in [0.717, 1.165) is 11.3 Å². The van der Waals surface area contributed by atoms with Crippen LogP contribution in [0.5, 0.6) is 5.75 Å². The third-order valence-electron chi connectivity index (χ3n) is 3.14. The number of carbonyl (C=O) groups is 1. The lowest BCUT2D eigenvalue weighted by Gasteiger charge is -2.10. The van der Waals surface area contributed by atoms with Gasteiger partial charge in [0, 0.05) is 15.7 Å². The number of benzene rings is 2. The Labute approximate surface area is 147 Å². The Bertz CT molecular complexity index is 734. The van der Waals surface area contributed by atoms with Gasteiger partial charge in [-0.3, -0.25) is 14.9 Å². The summed E-state index contributed by atoms with van der Waals surface area (Å²) in [7, 11) is 0. The Morgan fingerprint density at radius 2 is 2.04 bits per heavy atom. The molecule has 0 atom stereocenters. The first kappa shape index (κ1) is 17.2. The van der Waals surface area contributed by atoms with Crippen molar-refractivity contribution in [3.05, 3.63) is 67.3 Å². The molecule has 0 saturated carbocycles. The number of ether oxygens (including phenoxy) is 1. The number of para-hydroxylation sites is 1. The second-order valence-electron chi connectivity index (χ2n) is 4.79. The van der Waals surface area contributed by atoms with E-state index in [-0.39, 0.29) is 17.2 Å². The predicted molar refractivity (Wildman–Crippen MR) is 94.8 cm³/mol. The fourth-order valence-corrected chi connectivity index (χ4v) is 2.52. The maximum Gasteiger partial charge on any atom is 0.270 e. The lowest BCUT2D eigenvalue weighted by atomic mass is 10.2. The summed E-state index contributed by atoms with van der Waals surface area (Å²) in [5.41, 5.74) is 1.20. The van der Waals surface area contributed by atoms with E-state index in [1.54, 1.807) is 6.07 Å². The number of amides is 1. The summed E-state index contributed by atoms with van der Waals surface area (Å²) in [6.45, 7) is 2.58. The predicted octanol–water partition coefficient (Wildman–Crippen LogP) is 3.32. The number of rotatable bonds is 6. The molecule has 0 aliphatic carbocycles. The molecule has 0 aromatic heterocycles. The van der Waals surface area contributed by atoms with Crippen LogP contribution in [-0.2, 0) is 0 Å². The normalized spacial score (nSPS) is 10.2. The summed E-state index contributed by atoms with van der Waals surface area (Å²) >= 11 is 1.98. The van der Waals surface area contributed by atoms with Gasteiger partial charge in [0.05, 0.1) is 17.0 Å². The van der Waals surface area contributed by atoms with Gasteiger partial charge in [0.1, 0.15) is 12.4 Å². The number of nitro groups is 1. The second kappa shape index (κ2) is 7.91. The Morgan fingerprint density at radius 3 is 2.74 bits per heavy atom. The van der Waals surface area contributed by atoms with Crippen LogP contribution in [0.3, 0.4) is 0 Å². The molecule has 0 unspecified atom stereocenters. The van der Waals surface area contributed by atoms with Crippen molar-refractivity contribution in [1.82, 2.24) is 5.32 Å². The molecule has 23 heavy (non-hydrogen) atoms. The van der Waals surface area contributed by atoms with E-state index in [1.807, 2.05) is 53.8 Å². The van der Waals surface area contributed by atoms with Crippen molar-refractivity contribution in [2.45, 2.75) is 6.92 Å². The number of nitrogens with zero attached hydrogens (tertiary/aromatic N) is 1. The van der Waals surface area contributed by atoms with Crippen LogP contribution >= 0.6 is 22.6 Å². The van der Waals surface area contributed by atoms with Crippen LogP contribution in [0.1, 0.15) is 15.9 Å². The van der Waals surface area contributed by atoms with E-state index < -0.39 is 4.92 Å². The number of nitro benzene ring substituents is 1. The first-order chi connectivity index (χ1) is 11.0. The summed E-state index contributed by atoms with van der Waals surface area (Å²) in [6.07, 6.45) is 0. The molecule has 7 heteroatoms. The first-order valence-corrected chi connectivity index (χ1v) is 7.97. The Balaban J connectivity index is 1.91. The minimum Gasteiger partial charge on any atom is -0.491 e.